The monoisotopic (exact) mass is 255 g/mol. The van der Waals surface area contributed by atoms with E-state index in [1.165, 1.54) is 6.20 Å². The Labute approximate surface area is 107 Å². The highest BCUT2D eigenvalue weighted by atomic mass is 35.5. The van der Waals surface area contributed by atoms with Crippen LogP contribution in [0, 0.1) is 6.92 Å². The van der Waals surface area contributed by atoms with E-state index < -0.39 is 5.54 Å². The normalized spacial score (nSPS) is 11.4. The van der Waals surface area contributed by atoms with Crippen LogP contribution >= 0.6 is 11.6 Å². The van der Waals surface area contributed by atoms with Crippen LogP contribution in [-0.4, -0.2) is 16.4 Å². The number of anilines is 1. The van der Waals surface area contributed by atoms with Crippen LogP contribution in [-0.2, 0) is 4.79 Å². The summed E-state index contributed by atoms with van der Waals surface area (Å²) in [7, 11) is 0. The molecule has 0 aliphatic rings. The molecule has 1 rings (SSSR count). The second-order valence-corrected chi connectivity index (χ2v) is 4.51. The molecule has 1 amide bonds. The molecule has 0 aliphatic heterocycles. The number of aromatic nitrogens is 1. The van der Waals surface area contributed by atoms with Crippen LogP contribution in [0.25, 0.3) is 0 Å². The van der Waals surface area contributed by atoms with Crippen molar-refractivity contribution >= 4 is 23.2 Å². The summed E-state index contributed by atoms with van der Waals surface area (Å²) in [6.45, 7) is 5.63. The van der Waals surface area contributed by atoms with Crippen molar-refractivity contribution in [2.45, 2.75) is 39.2 Å². The van der Waals surface area contributed by atoms with E-state index in [9.17, 15) is 4.79 Å². The largest absolute Gasteiger partial charge is 0.323 e. The van der Waals surface area contributed by atoms with Gasteiger partial charge in [-0.05, 0) is 31.4 Å². The summed E-state index contributed by atoms with van der Waals surface area (Å²) in [6.07, 6.45) is 2.71. The second-order valence-electron chi connectivity index (χ2n) is 4.15. The lowest BCUT2D eigenvalue weighted by Gasteiger charge is -2.25. The molecule has 1 aromatic rings. The highest BCUT2D eigenvalue weighted by Gasteiger charge is 2.29. The van der Waals surface area contributed by atoms with Gasteiger partial charge in [-0.25, -0.2) is 4.98 Å². The average molecular weight is 256 g/mol. The van der Waals surface area contributed by atoms with Gasteiger partial charge < -0.3 is 11.1 Å². The fraction of sp³-hybridized carbons (Fsp3) is 0.500. The molecular weight excluding hydrogens is 238 g/mol. The molecule has 0 radical (unpaired) electrons. The van der Waals surface area contributed by atoms with E-state index in [0.717, 1.165) is 5.56 Å². The predicted molar refractivity (Wildman–Crippen MR) is 70.1 cm³/mol. The van der Waals surface area contributed by atoms with E-state index in [2.05, 4.69) is 10.3 Å². The number of amides is 1. The number of carbonyl (C=O) groups is 1. The van der Waals surface area contributed by atoms with Gasteiger partial charge >= 0.3 is 0 Å². The van der Waals surface area contributed by atoms with E-state index >= 15 is 0 Å². The van der Waals surface area contributed by atoms with Gasteiger partial charge in [0.25, 0.3) is 0 Å². The quantitative estimate of drug-likeness (QED) is 0.813. The number of rotatable bonds is 4. The van der Waals surface area contributed by atoms with Crippen LogP contribution in [0.4, 0.5) is 5.69 Å². The zero-order chi connectivity index (χ0) is 13.1. The first kappa shape index (κ1) is 13.9. The van der Waals surface area contributed by atoms with Gasteiger partial charge in [-0.15, -0.1) is 0 Å². The summed E-state index contributed by atoms with van der Waals surface area (Å²) >= 11 is 5.81. The Hall–Kier alpha value is -1.13. The first-order chi connectivity index (χ1) is 7.92. The van der Waals surface area contributed by atoms with Crippen LogP contribution in [0.1, 0.15) is 32.3 Å². The molecule has 94 valence electrons. The first-order valence-corrected chi connectivity index (χ1v) is 6.03. The Bertz CT molecular complexity index is 416. The molecule has 0 unspecified atom stereocenters. The molecule has 1 aromatic heterocycles. The molecule has 0 aromatic carbocycles. The number of pyridine rings is 1. The molecule has 1 heterocycles. The molecule has 0 atom stereocenters. The summed E-state index contributed by atoms with van der Waals surface area (Å²) in [6, 6.07) is 1.78. The van der Waals surface area contributed by atoms with E-state index in [-0.39, 0.29) is 5.91 Å². The van der Waals surface area contributed by atoms with Crippen molar-refractivity contribution in [2.75, 3.05) is 5.32 Å². The molecule has 0 saturated carbocycles. The summed E-state index contributed by atoms with van der Waals surface area (Å²) in [5, 5.41) is 3.21. The zero-order valence-electron chi connectivity index (χ0n) is 10.4. The Morgan fingerprint density at radius 1 is 1.53 bits per heavy atom. The van der Waals surface area contributed by atoms with Gasteiger partial charge in [-0.1, -0.05) is 25.4 Å². The minimum atomic E-state index is -0.826. The molecule has 17 heavy (non-hydrogen) atoms. The maximum absolute atomic E-state index is 12.0. The number of halogens is 1. The minimum Gasteiger partial charge on any atom is -0.323 e. The third-order valence-corrected chi connectivity index (χ3v) is 3.38. The van der Waals surface area contributed by atoms with Crippen molar-refractivity contribution in [3.05, 3.63) is 23.0 Å². The van der Waals surface area contributed by atoms with Crippen molar-refractivity contribution in [1.29, 1.82) is 0 Å². The Balaban J connectivity index is 2.84. The summed E-state index contributed by atoms with van der Waals surface area (Å²) in [4.78, 5) is 16.0. The highest BCUT2D eigenvalue weighted by molar-refractivity contribution is 6.30. The first-order valence-electron chi connectivity index (χ1n) is 5.65. The highest BCUT2D eigenvalue weighted by Crippen LogP contribution is 2.19. The molecule has 4 nitrogen and oxygen atoms in total. The SMILES string of the molecule is CCC(N)(CC)C(=O)Nc1cnc(Cl)c(C)c1. The van der Waals surface area contributed by atoms with Crippen molar-refractivity contribution in [3.63, 3.8) is 0 Å². The van der Waals surface area contributed by atoms with Crippen LogP contribution in [0.3, 0.4) is 0 Å². The number of nitrogens with zero attached hydrogens (tertiary/aromatic N) is 1. The molecule has 0 saturated heterocycles. The van der Waals surface area contributed by atoms with Crippen molar-refractivity contribution in [1.82, 2.24) is 4.98 Å². The zero-order valence-corrected chi connectivity index (χ0v) is 11.1. The van der Waals surface area contributed by atoms with Crippen molar-refractivity contribution < 1.29 is 4.79 Å². The molecule has 3 N–H and O–H groups in total. The maximum Gasteiger partial charge on any atom is 0.244 e. The van der Waals surface area contributed by atoms with E-state index in [4.69, 9.17) is 17.3 Å². The summed E-state index contributed by atoms with van der Waals surface area (Å²) in [5.74, 6) is -0.189. The maximum atomic E-state index is 12.0. The van der Waals surface area contributed by atoms with Gasteiger partial charge in [-0.3, -0.25) is 4.79 Å². The molecular formula is C12H18ClN3O. The van der Waals surface area contributed by atoms with Gasteiger partial charge in [0, 0.05) is 0 Å². The summed E-state index contributed by atoms with van der Waals surface area (Å²) < 4.78 is 0. The lowest BCUT2D eigenvalue weighted by atomic mass is 9.93. The number of nitrogens with two attached hydrogens (primary N) is 1. The molecule has 0 aliphatic carbocycles. The van der Waals surface area contributed by atoms with Crippen LogP contribution in [0.2, 0.25) is 5.15 Å². The van der Waals surface area contributed by atoms with E-state index in [1.54, 1.807) is 6.07 Å². The summed E-state index contributed by atoms with van der Waals surface area (Å²) in [5.41, 5.74) is 6.61. The van der Waals surface area contributed by atoms with Crippen LogP contribution in [0.5, 0.6) is 0 Å². The number of nitrogens with one attached hydrogen (secondary N) is 1. The van der Waals surface area contributed by atoms with Gasteiger partial charge in [0.2, 0.25) is 5.91 Å². The fourth-order valence-electron chi connectivity index (χ4n) is 1.45. The Kier molecular flexibility index (Phi) is 4.48. The van der Waals surface area contributed by atoms with Crippen molar-refractivity contribution in [2.24, 2.45) is 5.73 Å². The fourth-order valence-corrected chi connectivity index (χ4v) is 1.56. The molecule has 0 fully saturated rings. The minimum absolute atomic E-state index is 0.189. The smallest absolute Gasteiger partial charge is 0.244 e. The predicted octanol–water partition coefficient (Wildman–Crippen LogP) is 2.50. The molecule has 5 heteroatoms. The average Bonchev–Trinajstić information content (AvgIpc) is 2.32. The standard InChI is InChI=1S/C12H18ClN3O/c1-4-12(14,5-2)11(17)16-9-6-8(3)10(13)15-7-9/h6-7H,4-5,14H2,1-3H3,(H,16,17). The van der Waals surface area contributed by atoms with E-state index in [1.807, 2.05) is 20.8 Å². The topological polar surface area (TPSA) is 68.0 Å². The third-order valence-electron chi connectivity index (χ3n) is 2.99. The third kappa shape index (κ3) is 3.17. The van der Waals surface area contributed by atoms with Gasteiger partial charge in [0.15, 0.2) is 0 Å². The van der Waals surface area contributed by atoms with Gasteiger partial charge in [0.1, 0.15) is 5.15 Å². The second kappa shape index (κ2) is 5.47. The van der Waals surface area contributed by atoms with Crippen molar-refractivity contribution in [3.8, 4) is 0 Å². The number of aryl methyl sites for hydroxylation is 1. The van der Waals surface area contributed by atoms with Gasteiger partial charge in [0.05, 0.1) is 17.4 Å². The van der Waals surface area contributed by atoms with E-state index in [0.29, 0.717) is 23.7 Å². The lowest BCUT2D eigenvalue weighted by molar-refractivity contribution is -0.121. The Morgan fingerprint density at radius 3 is 2.59 bits per heavy atom. The number of hydrogen-bond acceptors (Lipinski definition) is 3. The molecule has 0 bridgehead atoms. The van der Waals surface area contributed by atoms with Gasteiger partial charge in [-0.2, -0.15) is 0 Å². The number of hydrogen-bond donors (Lipinski definition) is 2. The number of carbonyl (C=O) groups excluding carboxylic acids is 1. The molecule has 0 spiro atoms. The Morgan fingerprint density at radius 2 is 2.12 bits per heavy atom. The van der Waals surface area contributed by atoms with Crippen LogP contribution < -0.4 is 11.1 Å². The lowest BCUT2D eigenvalue weighted by Crippen LogP contribution is -2.50. The van der Waals surface area contributed by atoms with Crippen LogP contribution in [0.15, 0.2) is 12.3 Å².